The Morgan fingerprint density at radius 2 is 2.36 bits per heavy atom. The molecule has 5 nitrogen and oxygen atoms in total. The van der Waals surface area contributed by atoms with Gasteiger partial charge in [0.05, 0.1) is 5.92 Å². The summed E-state index contributed by atoms with van der Waals surface area (Å²) in [6.45, 7) is 3.60. The summed E-state index contributed by atoms with van der Waals surface area (Å²) in [5, 5.41) is 16.0. The molecular formula is C8H14ClN3O2. The van der Waals surface area contributed by atoms with Crippen molar-refractivity contribution in [2.45, 2.75) is 12.8 Å². The molecule has 1 aliphatic rings. The first kappa shape index (κ1) is 11.4. The number of aliphatic hydroxyl groups is 1. The molecule has 0 bridgehead atoms. The minimum atomic E-state index is 0. The van der Waals surface area contributed by atoms with Gasteiger partial charge in [-0.3, -0.25) is 0 Å². The van der Waals surface area contributed by atoms with E-state index in [0.29, 0.717) is 11.7 Å². The first-order valence-corrected chi connectivity index (χ1v) is 4.43. The van der Waals surface area contributed by atoms with Crippen molar-refractivity contribution in [3.05, 3.63) is 11.7 Å². The maximum absolute atomic E-state index is 9.07. The summed E-state index contributed by atoms with van der Waals surface area (Å²) in [5.74, 6) is 1.67. The summed E-state index contributed by atoms with van der Waals surface area (Å²) in [5.41, 5.74) is 0. The second kappa shape index (κ2) is 4.72. The van der Waals surface area contributed by atoms with Crippen molar-refractivity contribution in [2.24, 2.45) is 5.92 Å². The number of nitrogens with zero attached hydrogens (tertiary/aromatic N) is 2. The van der Waals surface area contributed by atoms with Gasteiger partial charge in [-0.1, -0.05) is 5.16 Å². The van der Waals surface area contributed by atoms with Gasteiger partial charge in [-0.15, -0.1) is 12.4 Å². The van der Waals surface area contributed by atoms with E-state index in [2.05, 4.69) is 15.5 Å². The Kier molecular flexibility index (Phi) is 3.86. The Balaban J connectivity index is 0.000000980. The highest BCUT2D eigenvalue weighted by molar-refractivity contribution is 5.85. The molecular weight excluding hydrogens is 206 g/mol. The number of hydrogen-bond acceptors (Lipinski definition) is 5. The van der Waals surface area contributed by atoms with Crippen LogP contribution in [0.4, 0.5) is 0 Å². The molecule has 2 atom stereocenters. The molecule has 1 saturated heterocycles. The van der Waals surface area contributed by atoms with Gasteiger partial charge in [0.15, 0.2) is 5.82 Å². The maximum atomic E-state index is 9.07. The molecule has 6 heteroatoms. The molecule has 1 aromatic rings. The van der Waals surface area contributed by atoms with Gasteiger partial charge >= 0.3 is 0 Å². The fourth-order valence-corrected chi connectivity index (χ4v) is 1.68. The number of aromatic nitrogens is 2. The SMILES string of the molecule is Cc1noc(C2CNCC2CO)n1.Cl. The molecule has 0 aliphatic carbocycles. The minimum Gasteiger partial charge on any atom is -0.396 e. The van der Waals surface area contributed by atoms with Crippen molar-refractivity contribution < 1.29 is 9.63 Å². The summed E-state index contributed by atoms with van der Waals surface area (Å²) >= 11 is 0. The van der Waals surface area contributed by atoms with Crippen LogP contribution >= 0.6 is 12.4 Å². The zero-order valence-corrected chi connectivity index (χ0v) is 8.75. The number of rotatable bonds is 2. The topological polar surface area (TPSA) is 71.2 Å². The monoisotopic (exact) mass is 219 g/mol. The van der Waals surface area contributed by atoms with E-state index in [0.717, 1.165) is 13.1 Å². The molecule has 80 valence electrons. The average molecular weight is 220 g/mol. The van der Waals surface area contributed by atoms with E-state index in [1.807, 2.05) is 0 Å². The third-order valence-corrected chi connectivity index (χ3v) is 2.43. The van der Waals surface area contributed by atoms with Crippen LogP contribution in [0.5, 0.6) is 0 Å². The second-order valence-corrected chi connectivity index (χ2v) is 3.39. The lowest BCUT2D eigenvalue weighted by Gasteiger charge is -2.10. The van der Waals surface area contributed by atoms with Crippen molar-refractivity contribution in [3.63, 3.8) is 0 Å². The third-order valence-electron chi connectivity index (χ3n) is 2.43. The molecule has 1 fully saturated rings. The summed E-state index contributed by atoms with van der Waals surface area (Å²) in [6.07, 6.45) is 0. The Morgan fingerprint density at radius 1 is 1.57 bits per heavy atom. The number of nitrogens with one attached hydrogen (secondary N) is 1. The molecule has 1 aromatic heterocycles. The largest absolute Gasteiger partial charge is 0.396 e. The molecule has 0 spiro atoms. The van der Waals surface area contributed by atoms with Gasteiger partial charge in [-0.05, 0) is 6.92 Å². The Bertz CT molecular complexity index is 292. The van der Waals surface area contributed by atoms with E-state index in [1.165, 1.54) is 0 Å². The first-order chi connectivity index (χ1) is 6.31. The molecule has 1 aliphatic heterocycles. The van der Waals surface area contributed by atoms with Crippen LogP contribution in [0.15, 0.2) is 4.52 Å². The van der Waals surface area contributed by atoms with Gasteiger partial charge in [0.25, 0.3) is 0 Å². The normalized spacial score (nSPS) is 26.1. The molecule has 0 amide bonds. The summed E-state index contributed by atoms with van der Waals surface area (Å²) in [6, 6.07) is 0. The van der Waals surface area contributed by atoms with Crippen LogP contribution in [-0.2, 0) is 0 Å². The zero-order chi connectivity index (χ0) is 9.26. The van der Waals surface area contributed by atoms with E-state index in [9.17, 15) is 0 Å². The van der Waals surface area contributed by atoms with Crippen molar-refractivity contribution in [3.8, 4) is 0 Å². The number of aliphatic hydroxyl groups excluding tert-OH is 1. The van der Waals surface area contributed by atoms with Crippen molar-refractivity contribution in [1.82, 2.24) is 15.5 Å². The van der Waals surface area contributed by atoms with E-state index < -0.39 is 0 Å². The van der Waals surface area contributed by atoms with Gasteiger partial charge in [0.2, 0.25) is 5.89 Å². The quantitative estimate of drug-likeness (QED) is 0.738. The summed E-state index contributed by atoms with van der Waals surface area (Å²) in [7, 11) is 0. The van der Waals surface area contributed by atoms with Gasteiger partial charge in [0.1, 0.15) is 0 Å². The molecule has 0 saturated carbocycles. The molecule has 2 N–H and O–H groups in total. The highest BCUT2D eigenvalue weighted by Gasteiger charge is 2.31. The van der Waals surface area contributed by atoms with E-state index in [4.69, 9.17) is 9.63 Å². The Hall–Kier alpha value is -0.650. The van der Waals surface area contributed by atoms with Gasteiger partial charge < -0.3 is 14.9 Å². The summed E-state index contributed by atoms with van der Waals surface area (Å²) < 4.78 is 5.07. The predicted molar refractivity (Wildman–Crippen MR) is 52.5 cm³/mol. The Morgan fingerprint density at radius 3 is 2.93 bits per heavy atom. The summed E-state index contributed by atoms with van der Waals surface area (Å²) in [4.78, 5) is 4.16. The lowest BCUT2D eigenvalue weighted by atomic mass is 9.97. The average Bonchev–Trinajstić information content (AvgIpc) is 2.71. The molecule has 14 heavy (non-hydrogen) atoms. The van der Waals surface area contributed by atoms with E-state index in [1.54, 1.807) is 6.92 Å². The third kappa shape index (κ3) is 2.05. The number of hydrogen-bond donors (Lipinski definition) is 2. The molecule has 2 rings (SSSR count). The lowest BCUT2D eigenvalue weighted by molar-refractivity contribution is 0.211. The van der Waals surface area contributed by atoms with Gasteiger partial charge in [0, 0.05) is 25.6 Å². The van der Waals surface area contributed by atoms with Crippen molar-refractivity contribution >= 4 is 12.4 Å². The highest BCUT2D eigenvalue weighted by Crippen LogP contribution is 2.25. The molecule has 0 radical (unpaired) electrons. The van der Waals surface area contributed by atoms with E-state index in [-0.39, 0.29) is 30.8 Å². The van der Waals surface area contributed by atoms with Crippen LogP contribution in [0.2, 0.25) is 0 Å². The number of halogens is 1. The fraction of sp³-hybridized carbons (Fsp3) is 0.750. The number of aryl methyl sites for hydroxylation is 1. The van der Waals surface area contributed by atoms with Crippen LogP contribution in [0.3, 0.4) is 0 Å². The van der Waals surface area contributed by atoms with Crippen LogP contribution in [0, 0.1) is 12.8 Å². The van der Waals surface area contributed by atoms with Crippen LogP contribution < -0.4 is 5.32 Å². The van der Waals surface area contributed by atoms with Crippen molar-refractivity contribution in [1.29, 1.82) is 0 Å². The van der Waals surface area contributed by atoms with E-state index >= 15 is 0 Å². The van der Waals surface area contributed by atoms with Gasteiger partial charge in [-0.2, -0.15) is 4.98 Å². The van der Waals surface area contributed by atoms with Crippen molar-refractivity contribution in [2.75, 3.05) is 19.7 Å². The maximum Gasteiger partial charge on any atom is 0.231 e. The standard InChI is InChI=1S/C8H13N3O2.ClH/c1-5-10-8(13-11-5)7-3-9-2-6(7)4-12;/h6-7,9,12H,2-4H2,1H3;1H. The lowest BCUT2D eigenvalue weighted by Crippen LogP contribution is -2.15. The molecule has 0 aromatic carbocycles. The van der Waals surface area contributed by atoms with Crippen LogP contribution in [-0.4, -0.2) is 34.9 Å². The van der Waals surface area contributed by atoms with Gasteiger partial charge in [-0.25, -0.2) is 0 Å². The fourth-order valence-electron chi connectivity index (χ4n) is 1.68. The van der Waals surface area contributed by atoms with Crippen LogP contribution in [0.1, 0.15) is 17.6 Å². The second-order valence-electron chi connectivity index (χ2n) is 3.39. The first-order valence-electron chi connectivity index (χ1n) is 4.43. The Labute approximate surface area is 88.3 Å². The molecule has 2 heterocycles. The van der Waals surface area contributed by atoms with Crippen LogP contribution in [0.25, 0.3) is 0 Å². The smallest absolute Gasteiger partial charge is 0.231 e. The highest BCUT2D eigenvalue weighted by atomic mass is 35.5. The minimum absolute atomic E-state index is 0. The molecule has 2 unspecified atom stereocenters. The zero-order valence-electron chi connectivity index (χ0n) is 7.93. The predicted octanol–water partition coefficient (Wildman–Crippen LogP) is 0.0951.